The van der Waals surface area contributed by atoms with E-state index >= 15 is 0 Å². The van der Waals surface area contributed by atoms with E-state index in [1.54, 1.807) is 25.1 Å². The Labute approximate surface area is 107 Å². The summed E-state index contributed by atoms with van der Waals surface area (Å²) in [6.45, 7) is 6.24. The third-order valence-corrected chi connectivity index (χ3v) is 2.91. The van der Waals surface area contributed by atoms with Gasteiger partial charge in [-0.15, -0.1) is 0 Å². The molecule has 90 valence electrons. The van der Waals surface area contributed by atoms with Crippen molar-refractivity contribution in [3.63, 3.8) is 0 Å². The predicted molar refractivity (Wildman–Crippen MR) is 69.2 cm³/mol. The Morgan fingerprint density at radius 3 is 2.50 bits per heavy atom. The molecule has 0 aliphatic carbocycles. The first-order valence-corrected chi connectivity index (χ1v) is 6.00. The zero-order valence-electron chi connectivity index (χ0n) is 9.72. The second-order valence-electron chi connectivity index (χ2n) is 4.43. The van der Waals surface area contributed by atoms with Gasteiger partial charge in [-0.2, -0.15) is 0 Å². The molecule has 0 saturated carbocycles. The summed E-state index contributed by atoms with van der Waals surface area (Å²) >= 11 is 11.9. The van der Waals surface area contributed by atoms with Gasteiger partial charge in [0.25, 0.3) is 0 Å². The largest absolute Gasteiger partial charge is 0.384 e. The van der Waals surface area contributed by atoms with Crippen molar-refractivity contribution in [2.45, 2.75) is 32.4 Å². The predicted octanol–water partition coefficient (Wildman–Crippen LogP) is 3.20. The first kappa shape index (κ1) is 13.8. The van der Waals surface area contributed by atoms with E-state index in [9.17, 15) is 5.11 Å². The summed E-state index contributed by atoms with van der Waals surface area (Å²) < 4.78 is 0. The van der Waals surface area contributed by atoms with Crippen LogP contribution < -0.4 is 5.32 Å². The molecule has 1 atom stereocenters. The van der Waals surface area contributed by atoms with Gasteiger partial charge in [-0.1, -0.05) is 43.1 Å². The van der Waals surface area contributed by atoms with Crippen LogP contribution in [0.1, 0.15) is 26.3 Å². The first-order valence-electron chi connectivity index (χ1n) is 5.24. The molecular weight excluding hydrogens is 245 g/mol. The highest BCUT2D eigenvalue weighted by Crippen LogP contribution is 2.29. The van der Waals surface area contributed by atoms with Gasteiger partial charge in [-0.3, -0.25) is 0 Å². The van der Waals surface area contributed by atoms with Crippen LogP contribution in [0.4, 0.5) is 0 Å². The number of aliphatic hydroxyl groups is 1. The molecule has 1 rings (SSSR count). The number of hydrogen-bond donors (Lipinski definition) is 2. The topological polar surface area (TPSA) is 32.3 Å². The fraction of sp³-hybridized carbons (Fsp3) is 0.500. The molecule has 0 fully saturated rings. The molecule has 2 nitrogen and oxygen atoms in total. The molecule has 0 heterocycles. The molecule has 1 aromatic carbocycles. The van der Waals surface area contributed by atoms with Crippen LogP contribution in [0.5, 0.6) is 0 Å². The summed E-state index contributed by atoms with van der Waals surface area (Å²) in [5.41, 5.74) is -0.307. The van der Waals surface area contributed by atoms with Gasteiger partial charge < -0.3 is 10.4 Å². The van der Waals surface area contributed by atoms with Crippen LogP contribution in [0.25, 0.3) is 0 Å². The van der Waals surface area contributed by atoms with Gasteiger partial charge in [0.2, 0.25) is 0 Å². The van der Waals surface area contributed by atoms with Crippen molar-refractivity contribution < 1.29 is 5.11 Å². The zero-order chi connectivity index (χ0) is 12.3. The first-order chi connectivity index (χ1) is 7.33. The van der Waals surface area contributed by atoms with Crippen LogP contribution in [0, 0.1) is 0 Å². The standard InChI is InChI=1S/C12H17Cl2NO/c1-8(2)15-7-12(3,16)10-5-4-9(13)6-11(10)14/h4-6,8,15-16H,7H2,1-3H3. The molecule has 0 amide bonds. The van der Waals surface area contributed by atoms with E-state index in [2.05, 4.69) is 5.32 Å². The quantitative estimate of drug-likeness (QED) is 0.873. The van der Waals surface area contributed by atoms with Crippen LogP contribution in [0.3, 0.4) is 0 Å². The lowest BCUT2D eigenvalue weighted by molar-refractivity contribution is 0.0550. The highest BCUT2D eigenvalue weighted by atomic mass is 35.5. The molecule has 0 aliphatic rings. The van der Waals surface area contributed by atoms with Crippen molar-refractivity contribution in [3.8, 4) is 0 Å². The number of nitrogens with one attached hydrogen (secondary N) is 1. The smallest absolute Gasteiger partial charge is 0.101 e. The maximum absolute atomic E-state index is 10.3. The van der Waals surface area contributed by atoms with Crippen LogP contribution in [-0.2, 0) is 5.60 Å². The average Bonchev–Trinajstić information content (AvgIpc) is 2.14. The lowest BCUT2D eigenvalue weighted by atomic mass is 9.95. The Hall–Kier alpha value is -0.280. The number of hydrogen-bond acceptors (Lipinski definition) is 2. The Morgan fingerprint density at radius 2 is 2.00 bits per heavy atom. The normalized spacial score (nSPS) is 15.2. The summed E-state index contributed by atoms with van der Waals surface area (Å²) in [6, 6.07) is 5.44. The van der Waals surface area contributed by atoms with Crippen LogP contribution in [-0.4, -0.2) is 17.7 Å². The van der Waals surface area contributed by atoms with Crippen LogP contribution in [0.15, 0.2) is 18.2 Å². The highest BCUT2D eigenvalue weighted by molar-refractivity contribution is 6.35. The average molecular weight is 262 g/mol. The van der Waals surface area contributed by atoms with Crippen molar-refractivity contribution in [2.24, 2.45) is 0 Å². The van der Waals surface area contributed by atoms with E-state index in [4.69, 9.17) is 23.2 Å². The summed E-state index contributed by atoms with van der Waals surface area (Å²) in [7, 11) is 0. The molecule has 1 unspecified atom stereocenters. The molecule has 0 radical (unpaired) electrons. The van der Waals surface area contributed by atoms with Crippen molar-refractivity contribution in [1.29, 1.82) is 0 Å². The maximum atomic E-state index is 10.3. The lowest BCUT2D eigenvalue weighted by Crippen LogP contribution is -2.38. The van der Waals surface area contributed by atoms with Crippen LogP contribution >= 0.6 is 23.2 Å². The van der Waals surface area contributed by atoms with E-state index in [1.165, 1.54) is 0 Å². The minimum absolute atomic E-state index is 0.317. The molecule has 0 bridgehead atoms. The minimum atomic E-state index is -0.994. The van der Waals surface area contributed by atoms with E-state index in [0.717, 1.165) is 0 Å². The number of rotatable bonds is 4. The Morgan fingerprint density at radius 1 is 1.38 bits per heavy atom. The zero-order valence-corrected chi connectivity index (χ0v) is 11.2. The monoisotopic (exact) mass is 261 g/mol. The van der Waals surface area contributed by atoms with Crippen LogP contribution in [0.2, 0.25) is 10.0 Å². The summed E-state index contributed by atoms with van der Waals surface area (Å²) in [5, 5.41) is 14.6. The minimum Gasteiger partial charge on any atom is -0.384 e. The van der Waals surface area contributed by atoms with Gasteiger partial charge in [0, 0.05) is 28.2 Å². The summed E-state index contributed by atoms with van der Waals surface area (Å²) in [6.07, 6.45) is 0. The fourth-order valence-electron chi connectivity index (χ4n) is 1.42. The highest BCUT2D eigenvalue weighted by Gasteiger charge is 2.25. The molecule has 0 saturated heterocycles. The van der Waals surface area contributed by atoms with Gasteiger partial charge >= 0.3 is 0 Å². The molecule has 0 spiro atoms. The second kappa shape index (κ2) is 5.37. The van der Waals surface area contributed by atoms with Crippen molar-refractivity contribution in [3.05, 3.63) is 33.8 Å². The third-order valence-electron chi connectivity index (χ3n) is 2.37. The number of benzene rings is 1. The third kappa shape index (κ3) is 3.63. The van der Waals surface area contributed by atoms with Gasteiger partial charge in [0.05, 0.1) is 0 Å². The molecule has 0 aliphatic heterocycles. The van der Waals surface area contributed by atoms with E-state index in [-0.39, 0.29) is 0 Å². The molecule has 2 N–H and O–H groups in total. The van der Waals surface area contributed by atoms with Gasteiger partial charge in [0.15, 0.2) is 0 Å². The maximum Gasteiger partial charge on any atom is 0.101 e. The second-order valence-corrected chi connectivity index (χ2v) is 5.28. The Bertz CT molecular complexity index is 364. The molecule has 1 aromatic rings. The lowest BCUT2D eigenvalue weighted by Gasteiger charge is -2.26. The van der Waals surface area contributed by atoms with Crippen molar-refractivity contribution in [1.82, 2.24) is 5.32 Å². The van der Waals surface area contributed by atoms with Crippen molar-refractivity contribution >= 4 is 23.2 Å². The van der Waals surface area contributed by atoms with Crippen molar-refractivity contribution in [2.75, 3.05) is 6.54 Å². The van der Waals surface area contributed by atoms with Gasteiger partial charge in [-0.25, -0.2) is 0 Å². The van der Waals surface area contributed by atoms with E-state index in [0.29, 0.717) is 28.2 Å². The van der Waals surface area contributed by atoms with Gasteiger partial charge in [-0.05, 0) is 19.1 Å². The van der Waals surface area contributed by atoms with E-state index < -0.39 is 5.60 Å². The number of halogens is 2. The Kier molecular flexibility index (Phi) is 4.62. The Balaban J connectivity index is 2.88. The molecule has 4 heteroatoms. The molecule has 16 heavy (non-hydrogen) atoms. The summed E-state index contributed by atoms with van der Waals surface area (Å²) in [4.78, 5) is 0. The molecule has 0 aromatic heterocycles. The van der Waals surface area contributed by atoms with Gasteiger partial charge in [0.1, 0.15) is 5.60 Å². The fourth-order valence-corrected chi connectivity index (χ4v) is 2.04. The summed E-state index contributed by atoms with van der Waals surface area (Å²) in [5.74, 6) is 0. The van der Waals surface area contributed by atoms with E-state index in [1.807, 2.05) is 13.8 Å². The molecular formula is C12H17Cl2NO. The SMILES string of the molecule is CC(C)NCC(C)(O)c1ccc(Cl)cc1Cl.